The standard InChI is InChI=1S/C30H24N2O2/c33-29(21-19-23-11-3-1-4-12-23)31-27-17-9-7-15-25(27)26-16-8-10-18-28(26)32-30(34)22-20-24-13-5-2-6-14-24/h1-22H,(H,31,33)(H,32,34)/b21-19+,22-20+. The van der Waals surface area contributed by atoms with Gasteiger partial charge in [0, 0.05) is 34.7 Å². The van der Waals surface area contributed by atoms with Gasteiger partial charge in [-0.2, -0.15) is 0 Å². The first kappa shape index (κ1) is 22.5. The van der Waals surface area contributed by atoms with E-state index in [-0.39, 0.29) is 11.8 Å². The molecule has 4 aromatic rings. The van der Waals surface area contributed by atoms with Crippen molar-refractivity contribution in [3.8, 4) is 11.1 Å². The number of carbonyl (C=O) groups excluding carboxylic acids is 2. The average Bonchev–Trinajstić information content (AvgIpc) is 2.88. The maximum atomic E-state index is 12.6. The molecule has 0 bridgehead atoms. The van der Waals surface area contributed by atoms with Crippen LogP contribution in [-0.2, 0) is 9.59 Å². The molecule has 0 aliphatic heterocycles. The Balaban J connectivity index is 1.53. The summed E-state index contributed by atoms with van der Waals surface area (Å²) in [6, 6.07) is 34.4. The summed E-state index contributed by atoms with van der Waals surface area (Å²) in [5.41, 5.74) is 4.84. The number of nitrogens with one attached hydrogen (secondary N) is 2. The molecule has 2 N–H and O–H groups in total. The highest BCUT2D eigenvalue weighted by molar-refractivity contribution is 6.07. The molecule has 0 spiro atoms. The van der Waals surface area contributed by atoms with Crippen LogP contribution in [0, 0.1) is 0 Å². The number of hydrogen-bond donors (Lipinski definition) is 2. The molecule has 0 radical (unpaired) electrons. The second-order valence-electron chi connectivity index (χ2n) is 7.56. The van der Waals surface area contributed by atoms with E-state index in [1.54, 1.807) is 12.2 Å². The van der Waals surface area contributed by atoms with Crippen molar-refractivity contribution in [2.75, 3.05) is 10.6 Å². The SMILES string of the molecule is O=C(/C=C/c1ccccc1)Nc1ccccc1-c1ccccc1NC(=O)/C=C/c1ccccc1. The fourth-order valence-corrected chi connectivity index (χ4v) is 3.47. The van der Waals surface area contributed by atoms with Crippen LogP contribution in [0.3, 0.4) is 0 Å². The van der Waals surface area contributed by atoms with Gasteiger partial charge in [-0.05, 0) is 35.4 Å². The van der Waals surface area contributed by atoms with Gasteiger partial charge in [-0.25, -0.2) is 0 Å². The summed E-state index contributed by atoms with van der Waals surface area (Å²) in [5.74, 6) is -0.466. The molecule has 0 saturated heterocycles. The number of anilines is 2. The molecule has 0 saturated carbocycles. The van der Waals surface area contributed by atoms with Gasteiger partial charge in [-0.1, -0.05) is 97.1 Å². The van der Waals surface area contributed by atoms with E-state index in [1.807, 2.05) is 109 Å². The van der Waals surface area contributed by atoms with Crippen LogP contribution in [0.15, 0.2) is 121 Å². The summed E-state index contributed by atoms with van der Waals surface area (Å²) in [6.07, 6.45) is 6.55. The minimum absolute atomic E-state index is 0.233. The van der Waals surface area contributed by atoms with Gasteiger partial charge in [0.2, 0.25) is 11.8 Å². The molecule has 4 nitrogen and oxygen atoms in total. The van der Waals surface area contributed by atoms with Gasteiger partial charge in [-0.3, -0.25) is 9.59 Å². The molecule has 0 heterocycles. The summed E-state index contributed by atoms with van der Waals surface area (Å²) < 4.78 is 0. The zero-order valence-electron chi connectivity index (χ0n) is 18.5. The molecule has 2 amide bonds. The van der Waals surface area contributed by atoms with Crippen LogP contribution in [0.25, 0.3) is 23.3 Å². The van der Waals surface area contributed by atoms with Crippen molar-refractivity contribution in [2.24, 2.45) is 0 Å². The van der Waals surface area contributed by atoms with E-state index in [1.165, 1.54) is 12.2 Å². The van der Waals surface area contributed by atoms with Crippen molar-refractivity contribution < 1.29 is 9.59 Å². The lowest BCUT2D eigenvalue weighted by atomic mass is 10.0. The number of carbonyl (C=O) groups is 2. The third-order valence-electron chi connectivity index (χ3n) is 5.11. The van der Waals surface area contributed by atoms with Gasteiger partial charge < -0.3 is 10.6 Å². The molecule has 0 aliphatic rings. The molecule has 4 aromatic carbocycles. The molecule has 0 atom stereocenters. The molecule has 0 unspecified atom stereocenters. The van der Waals surface area contributed by atoms with Crippen LogP contribution in [-0.4, -0.2) is 11.8 Å². The number of hydrogen-bond acceptors (Lipinski definition) is 2. The number of para-hydroxylation sites is 2. The third-order valence-corrected chi connectivity index (χ3v) is 5.11. The van der Waals surface area contributed by atoms with Crippen LogP contribution in [0.5, 0.6) is 0 Å². The number of rotatable bonds is 7. The van der Waals surface area contributed by atoms with E-state index in [0.29, 0.717) is 11.4 Å². The largest absolute Gasteiger partial charge is 0.322 e. The minimum atomic E-state index is -0.233. The maximum absolute atomic E-state index is 12.6. The predicted octanol–water partition coefficient (Wildman–Crippen LogP) is 6.66. The molecule has 0 aliphatic carbocycles. The smallest absolute Gasteiger partial charge is 0.248 e. The van der Waals surface area contributed by atoms with Crippen LogP contribution < -0.4 is 10.6 Å². The van der Waals surface area contributed by atoms with Gasteiger partial charge in [-0.15, -0.1) is 0 Å². The Labute approximate surface area is 199 Å². The second kappa shape index (κ2) is 11.2. The first-order valence-electron chi connectivity index (χ1n) is 11.0. The molecular weight excluding hydrogens is 420 g/mol. The lowest BCUT2D eigenvalue weighted by Crippen LogP contribution is -2.11. The molecule has 0 aromatic heterocycles. The summed E-state index contributed by atoms with van der Waals surface area (Å²) in [7, 11) is 0. The predicted molar refractivity (Wildman–Crippen MR) is 140 cm³/mol. The Morgan fingerprint density at radius 2 is 0.824 bits per heavy atom. The summed E-state index contributed by atoms with van der Waals surface area (Å²) in [6.45, 7) is 0. The average molecular weight is 445 g/mol. The van der Waals surface area contributed by atoms with Crippen LogP contribution in [0.4, 0.5) is 11.4 Å². The molecular formula is C30H24N2O2. The van der Waals surface area contributed by atoms with E-state index < -0.39 is 0 Å². The maximum Gasteiger partial charge on any atom is 0.248 e. The highest BCUT2D eigenvalue weighted by Crippen LogP contribution is 2.33. The molecule has 166 valence electrons. The van der Waals surface area contributed by atoms with Crippen molar-refractivity contribution >= 4 is 35.3 Å². The summed E-state index contributed by atoms with van der Waals surface area (Å²) in [4.78, 5) is 25.2. The van der Waals surface area contributed by atoms with Gasteiger partial charge in [0.05, 0.1) is 0 Å². The zero-order valence-corrected chi connectivity index (χ0v) is 18.5. The van der Waals surface area contributed by atoms with E-state index in [2.05, 4.69) is 10.6 Å². The van der Waals surface area contributed by atoms with E-state index in [4.69, 9.17) is 0 Å². The van der Waals surface area contributed by atoms with Gasteiger partial charge in [0.1, 0.15) is 0 Å². The van der Waals surface area contributed by atoms with Gasteiger partial charge >= 0.3 is 0 Å². The molecule has 4 heteroatoms. The Morgan fingerprint density at radius 3 is 1.24 bits per heavy atom. The van der Waals surface area contributed by atoms with Crippen molar-refractivity contribution in [1.82, 2.24) is 0 Å². The molecule has 0 fully saturated rings. The van der Waals surface area contributed by atoms with Crippen molar-refractivity contribution in [3.63, 3.8) is 0 Å². The van der Waals surface area contributed by atoms with Crippen LogP contribution in [0.1, 0.15) is 11.1 Å². The Bertz CT molecular complexity index is 1220. The fourth-order valence-electron chi connectivity index (χ4n) is 3.47. The summed E-state index contributed by atoms with van der Waals surface area (Å²) >= 11 is 0. The van der Waals surface area contributed by atoms with Gasteiger partial charge in [0.15, 0.2) is 0 Å². The van der Waals surface area contributed by atoms with Gasteiger partial charge in [0.25, 0.3) is 0 Å². The lowest BCUT2D eigenvalue weighted by molar-refractivity contribution is -0.112. The fraction of sp³-hybridized carbons (Fsp3) is 0. The van der Waals surface area contributed by atoms with Crippen molar-refractivity contribution in [1.29, 1.82) is 0 Å². The van der Waals surface area contributed by atoms with E-state index >= 15 is 0 Å². The van der Waals surface area contributed by atoms with E-state index in [9.17, 15) is 9.59 Å². The minimum Gasteiger partial charge on any atom is -0.322 e. The lowest BCUT2D eigenvalue weighted by Gasteiger charge is -2.14. The normalized spacial score (nSPS) is 10.9. The Hall–Kier alpha value is -4.70. The third kappa shape index (κ3) is 6.17. The van der Waals surface area contributed by atoms with E-state index in [0.717, 1.165) is 22.3 Å². The topological polar surface area (TPSA) is 58.2 Å². The highest BCUT2D eigenvalue weighted by Gasteiger charge is 2.11. The monoisotopic (exact) mass is 444 g/mol. The Kier molecular flexibility index (Phi) is 7.44. The number of amides is 2. The summed E-state index contributed by atoms with van der Waals surface area (Å²) in [5, 5.41) is 5.91. The zero-order chi connectivity index (χ0) is 23.6. The van der Waals surface area contributed by atoms with Crippen molar-refractivity contribution in [2.45, 2.75) is 0 Å². The van der Waals surface area contributed by atoms with Crippen LogP contribution in [0.2, 0.25) is 0 Å². The number of benzene rings is 4. The van der Waals surface area contributed by atoms with Crippen molar-refractivity contribution in [3.05, 3.63) is 132 Å². The first-order valence-corrected chi connectivity index (χ1v) is 11.0. The quantitative estimate of drug-likeness (QED) is 0.313. The van der Waals surface area contributed by atoms with Crippen LogP contribution >= 0.6 is 0 Å². The molecule has 4 rings (SSSR count). The second-order valence-corrected chi connectivity index (χ2v) is 7.56. The first-order chi connectivity index (χ1) is 16.7. The highest BCUT2D eigenvalue weighted by atomic mass is 16.2. The molecule has 34 heavy (non-hydrogen) atoms. The Morgan fingerprint density at radius 1 is 0.471 bits per heavy atom.